The summed E-state index contributed by atoms with van der Waals surface area (Å²) in [6, 6.07) is 2.09. The first-order valence-electron chi connectivity index (χ1n) is 7.68. The molecule has 2 nitrogen and oxygen atoms in total. The van der Waals surface area contributed by atoms with E-state index in [4.69, 9.17) is 11.6 Å². The lowest BCUT2D eigenvalue weighted by Crippen LogP contribution is -2.40. The maximum absolute atomic E-state index is 12.3. The molecule has 1 saturated carbocycles. The van der Waals surface area contributed by atoms with Crippen LogP contribution in [0.1, 0.15) is 58.6 Å². The van der Waals surface area contributed by atoms with E-state index in [2.05, 4.69) is 11.4 Å². The second-order valence-corrected chi connectivity index (χ2v) is 7.69. The first-order valence-corrected chi connectivity index (χ1v) is 9.03. The monoisotopic (exact) mass is 311 g/mol. The Labute approximate surface area is 129 Å². The lowest BCUT2D eigenvalue weighted by molar-refractivity contribution is 0.0925. The minimum Gasteiger partial charge on any atom is -0.351 e. The topological polar surface area (TPSA) is 29.1 Å². The molecule has 1 amide bonds. The Bertz CT molecular complexity index is 469. The van der Waals surface area contributed by atoms with Crippen molar-refractivity contribution in [1.82, 2.24) is 5.32 Å². The van der Waals surface area contributed by atoms with Crippen LogP contribution in [0.5, 0.6) is 0 Å². The summed E-state index contributed by atoms with van der Waals surface area (Å²) in [5, 5.41) is 3.14. The van der Waals surface area contributed by atoms with Crippen molar-refractivity contribution >= 4 is 28.8 Å². The average Bonchev–Trinajstić information content (AvgIpc) is 3.07. The normalized spacial score (nSPS) is 20.6. The van der Waals surface area contributed by atoms with E-state index in [1.54, 1.807) is 11.3 Å². The van der Waals surface area contributed by atoms with Crippen molar-refractivity contribution in [3.63, 3.8) is 0 Å². The maximum Gasteiger partial charge on any atom is 0.261 e. The van der Waals surface area contributed by atoms with Crippen LogP contribution in [0.3, 0.4) is 0 Å². The Kier molecular flexibility index (Phi) is 4.37. The number of nitrogens with one attached hydrogen (secondary N) is 1. The largest absolute Gasteiger partial charge is 0.351 e. The molecule has 2 aliphatic rings. The molecule has 4 heteroatoms. The highest BCUT2D eigenvalue weighted by Crippen LogP contribution is 2.37. The van der Waals surface area contributed by atoms with Gasteiger partial charge in [-0.05, 0) is 43.7 Å². The number of thiophene rings is 1. The highest BCUT2D eigenvalue weighted by Gasteiger charge is 2.32. The Morgan fingerprint density at radius 1 is 1.25 bits per heavy atom. The van der Waals surface area contributed by atoms with Gasteiger partial charge in [0.05, 0.1) is 4.88 Å². The van der Waals surface area contributed by atoms with Crippen LogP contribution >= 0.6 is 22.9 Å². The second kappa shape index (κ2) is 6.07. The fourth-order valence-electron chi connectivity index (χ4n) is 3.46. The third-order valence-corrected chi connectivity index (χ3v) is 6.59. The molecule has 0 aliphatic heterocycles. The first-order chi connectivity index (χ1) is 9.72. The molecule has 0 unspecified atom stereocenters. The van der Waals surface area contributed by atoms with Crippen LogP contribution in [0, 0.1) is 5.41 Å². The Hall–Kier alpha value is -0.540. The summed E-state index contributed by atoms with van der Waals surface area (Å²) in [5.74, 6) is 0.758. The van der Waals surface area contributed by atoms with Gasteiger partial charge >= 0.3 is 0 Å². The Morgan fingerprint density at radius 2 is 2.05 bits per heavy atom. The van der Waals surface area contributed by atoms with E-state index < -0.39 is 0 Å². The van der Waals surface area contributed by atoms with Crippen molar-refractivity contribution in [2.75, 3.05) is 12.4 Å². The van der Waals surface area contributed by atoms with Crippen molar-refractivity contribution in [2.24, 2.45) is 5.41 Å². The number of alkyl halides is 1. The fraction of sp³-hybridized carbons (Fsp3) is 0.688. The molecule has 0 radical (unpaired) electrons. The summed E-state index contributed by atoms with van der Waals surface area (Å²) in [7, 11) is 0. The maximum atomic E-state index is 12.3. The molecule has 0 spiro atoms. The number of halogens is 1. The zero-order chi connectivity index (χ0) is 14.0. The van der Waals surface area contributed by atoms with Gasteiger partial charge in [-0.2, -0.15) is 0 Å². The van der Waals surface area contributed by atoms with Crippen LogP contribution in [0.15, 0.2) is 6.07 Å². The van der Waals surface area contributed by atoms with Gasteiger partial charge in [-0.15, -0.1) is 22.9 Å². The predicted molar refractivity (Wildman–Crippen MR) is 84.9 cm³/mol. The molecule has 1 aromatic heterocycles. The van der Waals surface area contributed by atoms with Gasteiger partial charge in [-0.1, -0.05) is 19.3 Å². The van der Waals surface area contributed by atoms with Crippen molar-refractivity contribution in [1.29, 1.82) is 0 Å². The molecule has 110 valence electrons. The van der Waals surface area contributed by atoms with Gasteiger partial charge in [-0.25, -0.2) is 0 Å². The van der Waals surface area contributed by atoms with Crippen LogP contribution in [0.25, 0.3) is 0 Å². The van der Waals surface area contributed by atoms with Crippen LogP contribution in [0.4, 0.5) is 0 Å². The predicted octanol–water partition coefficient (Wildman–Crippen LogP) is 4.16. The number of aryl methyl sites for hydroxylation is 2. The van der Waals surface area contributed by atoms with Gasteiger partial charge in [0.25, 0.3) is 5.91 Å². The molecular weight excluding hydrogens is 290 g/mol. The van der Waals surface area contributed by atoms with E-state index >= 15 is 0 Å². The van der Waals surface area contributed by atoms with E-state index in [9.17, 15) is 4.79 Å². The summed E-state index contributed by atoms with van der Waals surface area (Å²) in [4.78, 5) is 14.6. The molecule has 20 heavy (non-hydrogen) atoms. The van der Waals surface area contributed by atoms with Gasteiger partial charge in [0, 0.05) is 22.7 Å². The van der Waals surface area contributed by atoms with Crippen molar-refractivity contribution in [2.45, 2.75) is 51.4 Å². The van der Waals surface area contributed by atoms with Crippen molar-refractivity contribution in [3.05, 3.63) is 21.4 Å². The summed E-state index contributed by atoms with van der Waals surface area (Å²) >= 11 is 7.86. The second-order valence-electron chi connectivity index (χ2n) is 6.29. The van der Waals surface area contributed by atoms with Gasteiger partial charge in [0.15, 0.2) is 0 Å². The SMILES string of the molecule is O=C(NCC1(CCl)CCCCC1)c1cc2c(s1)CCC2. The van der Waals surface area contributed by atoms with Crippen LogP contribution in [-0.2, 0) is 12.8 Å². The number of hydrogen-bond donors (Lipinski definition) is 1. The summed E-state index contributed by atoms with van der Waals surface area (Å²) in [5.41, 5.74) is 1.53. The van der Waals surface area contributed by atoms with Crippen LogP contribution < -0.4 is 5.32 Å². The highest BCUT2D eigenvalue weighted by atomic mass is 35.5. The molecule has 2 aliphatic carbocycles. The number of rotatable bonds is 4. The molecule has 1 N–H and O–H groups in total. The van der Waals surface area contributed by atoms with Gasteiger partial charge < -0.3 is 5.32 Å². The standard InChI is InChI=1S/C16H22ClNOS/c17-10-16(7-2-1-3-8-16)11-18-15(19)14-9-12-5-4-6-13(12)20-14/h9H,1-8,10-11H2,(H,18,19). The number of fused-ring (bicyclic) bond motifs is 1. The lowest BCUT2D eigenvalue weighted by atomic mass is 9.75. The van der Waals surface area contributed by atoms with Crippen molar-refractivity contribution < 1.29 is 4.79 Å². The number of carbonyl (C=O) groups is 1. The van der Waals surface area contributed by atoms with E-state index in [0.29, 0.717) is 5.88 Å². The lowest BCUT2D eigenvalue weighted by Gasteiger charge is -2.35. The molecule has 0 aromatic carbocycles. The zero-order valence-corrected chi connectivity index (χ0v) is 13.4. The molecule has 1 aromatic rings. The van der Waals surface area contributed by atoms with E-state index in [1.807, 2.05) is 0 Å². The summed E-state index contributed by atoms with van der Waals surface area (Å²) in [6.07, 6.45) is 9.65. The van der Waals surface area contributed by atoms with E-state index in [1.165, 1.54) is 36.1 Å². The summed E-state index contributed by atoms with van der Waals surface area (Å²) in [6.45, 7) is 0.734. The highest BCUT2D eigenvalue weighted by molar-refractivity contribution is 7.14. The number of amides is 1. The molecule has 0 bridgehead atoms. The molecule has 0 atom stereocenters. The van der Waals surface area contributed by atoms with Crippen LogP contribution in [0.2, 0.25) is 0 Å². The smallest absolute Gasteiger partial charge is 0.261 e. The van der Waals surface area contributed by atoms with Gasteiger partial charge in [0.1, 0.15) is 0 Å². The van der Waals surface area contributed by atoms with Crippen molar-refractivity contribution in [3.8, 4) is 0 Å². The fourth-order valence-corrected chi connectivity index (χ4v) is 4.99. The van der Waals surface area contributed by atoms with Gasteiger partial charge in [-0.3, -0.25) is 4.79 Å². The number of hydrogen-bond acceptors (Lipinski definition) is 2. The first kappa shape index (κ1) is 14.4. The molecule has 0 saturated heterocycles. The summed E-state index contributed by atoms with van der Waals surface area (Å²) < 4.78 is 0. The quantitative estimate of drug-likeness (QED) is 0.831. The molecular formula is C16H22ClNOS. The Morgan fingerprint density at radius 3 is 2.75 bits per heavy atom. The number of carbonyl (C=O) groups excluding carboxylic acids is 1. The van der Waals surface area contributed by atoms with E-state index in [-0.39, 0.29) is 11.3 Å². The average molecular weight is 312 g/mol. The molecule has 1 heterocycles. The van der Waals surface area contributed by atoms with Crippen LogP contribution in [-0.4, -0.2) is 18.3 Å². The minimum atomic E-state index is 0.0967. The Balaban J connectivity index is 1.60. The zero-order valence-electron chi connectivity index (χ0n) is 11.8. The van der Waals surface area contributed by atoms with Gasteiger partial charge in [0.2, 0.25) is 0 Å². The third-order valence-electron chi connectivity index (χ3n) is 4.79. The molecule has 1 fully saturated rings. The minimum absolute atomic E-state index is 0.0967. The third kappa shape index (κ3) is 2.89. The molecule has 3 rings (SSSR count). The van der Waals surface area contributed by atoms with E-state index in [0.717, 1.165) is 37.1 Å².